The predicted molar refractivity (Wildman–Crippen MR) is 67.5 cm³/mol. The summed E-state index contributed by atoms with van der Waals surface area (Å²) in [5, 5.41) is 10.5. The smallest absolute Gasteiger partial charge is 0.272 e. The molecule has 2 rings (SSSR count). The summed E-state index contributed by atoms with van der Waals surface area (Å²) in [6.07, 6.45) is 0. The maximum Gasteiger partial charge on any atom is 0.272 e. The van der Waals surface area contributed by atoms with Crippen LogP contribution < -0.4 is 10.5 Å². The quantitative estimate of drug-likeness (QED) is 0.678. The second-order valence-electron chi connectivity index (χ2n) is 3.82. The van der Waals surface area contributed by atoms with Crippen molar-refractivity contribution >= 4 is 5.69 Å². The third kappa shape index (κ3) is 3.05. The molecule has 0 aliphatic rings. The van der Waals surface area contributed by atoms with Crippen molar-refractivity contribution in [2.75, 3.05) is 0 Å². The zero-order valence-electron chi connectivity index (χ0n) is 9.88. The van der Waals surface area contributed by atoms with Gasteiger partial charge in [0.25, 0.3) is 5.69 Å². The summed E-state index contributed by atoms with van der Waals surface area (Å²) < 4.78 is 18.9. The fourth-order valence-corrected chi connectivity index (χ4v) is 1.51. The number of nitrogens with two attached hydrogens (primary N) is 1. The third-order valence-corrected chi connectivity index (χ3v) is 2.51. The first-order chi connectivity index (χ1) is 9.10. The molecule has 5 nitrogen and oxygen atoms in total. The van der Waals surface area contributed by atoms with E-state index in [1.165, 1.54) is 12.1 Å². The number of nitro benzene ring substituents is 1. The van der Waals surface area contributed by atoms with Gasteiger partial charge >= 0.3 is 0 Å². The predicted octanol–water partition coefficient (Wildman–Crippen LogP) is 2.98. The second-order valence-corrected chi connectivity index (χ2v) is 3.82. The van der Waals surface area contributed by atoms with Crippen LogP contribution in [-0.4, -0.2) is 4.92 Å². The average Bonchev–Trinajstić information content (AvgIpc) is 2.41. The van der Waals surface area contributed by atoms with Crippen LogP contribution >= 0.6 is 0 Å². The van der Waals surface area contributed by atoms with Crippen molar-refractivity contribution in [1.82, 2.24) is 0 Å². The molecule has 6 heteroatoms. The molecule has 0 aliphatic heterocycles. The topological polar surface area (TPSA) is 78.4 Å². The number of ether oxygens (including phenoxy) is 1. The molecule has 2 N–H and O–H groups in total. The van der Waals surface area contributed by atoms with E-state index in [1.54, 1.807) is 24.3 Å². The standard InChI is InChI=1S/C13H11FN2O3/c14-12-7-10(16(17)18)3-6-13(12)19-11-4-1-9(8-15)2-5-11/h1-7H,8,15H2. The van der Waals surface area contributed by atoms with E-state index in [4.69, 9.17) is 10.5 Å². The van der Waals surface area contributed by atoms with Gasteiger partial charge in [-0.05, 0) is 23.8 Å². The van der Waals surface area contributed by atoms with Crippen LogP contribution in [0.25, 0.3) is 0 Å². The Labute approximate surface area is 108 Å². The lowest BCUT2D eigenvalue weighted by molar-refractivity contribution is -0.385. The molecule has 0 atom stereocenters. The minimum Gasteiger partial charge on any atom is -0.454 e. The number of nitrogens with zero attached hydrogens (tertiary/aromatic N) is 1. The molecule has 2 aromatic rings. The molecular formula is C13H11FN2O3. The molecular weight excluding hydrogens is 251 g/mol. The number of benzene rings is 2. The zero-order chi connectivity index (χ0) is 13.8. The fraction of sp³-hybridized carbons (Fsp3) is 0.0769. The molecule has 0 heterocycles. The number of hydrogen-bond donors (Lipinski definition) is 1. The molecule has 0 aromatic heterocycles. The van der Waals surface area contributed by atoms with Crippen molar-refractivity contribution in [2.24, 2.45) is 5.73 Å². The summed E-state index contributed by atoms with van der Waals surface area (Å²) in [5.74, 6) is -0.409. The Morgan fingerprint density at radius 3 is 2.42 bits per heavy atom. The highest BCUT2D eigenvalue weighted by Gasteiger charge is 2.12. The minimum absolute atomic E-state index is 0.0638. The van der Waals surface area contributed by atoms with Gasteiger partial charge in [-0.3, -0.25) is 10.1 Å². The highest BCUT2D eigenvalue weighted by atomic mass is 19.1. The van der Waals surface area contributed by atoms with E-state index in [0.717, 1.165) is 11.6 Å². The van der Waals surface area contributed by atoms with Gasteiger partial charge in [-0.1, -0.05) is 12.1 Å². The van der Waals surface area contributed by atoms with Gasteiger partial charge in [0.05, 0.1) is 11.0 Å². The van der Waals surface area contributed by atoms with Crippen LogP contribution in [0.1, 0.15) is 5.56 Å². The SMILES string of the molecule is NCc1ccc(Oc2ccc([N+](=O)[O-])cc2F)cc1. The Bertz CT molecular complexity index is 599. The summed E-state index contributed by atoms with van der Waals surface area (Å²) in [6.45, 7) is 0.409. The van der Waals surface area contributed by atoms with E-state index in [1.807, 2.05) is 0 Å². The van der Waals surface area contributed by atoms with Crippen LogP contribution in [0.2, 0.25) is 0 Å². The van der Waals surface area contributed by atoms with Crippen molar-refractivity contribution < 1.29 is 14.1 Å². The van der Waals surface area contributed by atoms with Gasteiger partial charge in [0, 0.05) is 12.6 Å². The Kier molecular flexibility index (Phi) is 3.72. The minimum atomic E-state index is -0.780. The molecule has 0 amide bonds. The van der Waals surface area contributed by atoms with Crippen LogP contribution in [0.3, 0.4) is 0 Å². The molecule has 0 fully saturated rings. The van der Waals surface area contributed by atoms with Crippen molar-refractivity contribution in [3.05, 3.63) is 64.0 Å². The molecule has 0 spiro atoms. The molecule has 0 saturated carbocycles. The van der Waals surface area contributed by atoms with Crippen LogP contribution in [-0.2, 0) is 6.54 Å². The Morgan fingerprint density at radius 1 is 1.21 bits per heavy atom. The average molecular weight is 262 g/mol. The first-order valence-corrected chi connectivity index (χ1v) is 5.51. The number of halogens is 1. The van der Waals surface area contributed by atoms with E-state index >= 15 is 0 Å². The maximum atomic E-state index is 13.6. The van der Waals surface area contributed by atoms with Crippen LogP contribution in [0.15, 0.2) is 42.5 Å². The van der Waals surface area contributed by atoms with Crippen molar-refractivity contribution in [1.29, 1.82) is 0 Å². The highest BCUT2D eigenvalue weighted by molar-refractivity contribution is 5.40. The number of hydrogen-bond acceptors (Lipinski definition) is 4. The molecule has 0 saturated heterocycles. The summed E-state index contributed by atoms with van der Waals surface area (Å²) in [7, 11) is 0. The van der Waals surface area contributed by atoms with Gasteiger partial charge in [-0.2, -0.15) is 0 Å². The largest absolute Gasteiger partial charge is 0.454 e. The molecule has 98 valence electrons. The number of rotatable bonds is 4. The first kappa shape index (κ1) is 13.0. The zero-order valence-corrected chi connectivity index (χ0v) is 9.88. The summed E-state index contributed by atoms with van der Waals surface area (Å²) >= 11 is 0. The normalized spacial score (nSPS) is 10.2. The maximum absolute atomic E-state index is 13.6. The van der Waals surface area contributed by atoms with Gasteiger partial charge in [-0.15, -0.1) is 0 Å². The molecule has 0 radical (unpaired) electrons. The monoisotopic (exact) mass is 262 g/mol. The van der Waals surface area contributed by atoms with Crippen molar-refractivity contribution in [2.45, 2.75) is 6.54 Å². The van der Waals surface area contributed by atoms with Crippen LogP contribution in [0, 0.1) is 15.9 Å². The Hall–Kier alpha value is -2.47. The summed E-state index contributed by atoms with van der Waals surface area (Å²) in [5.41, 5.74) is 6.07. The van der Waals surface area contributed by atoms with Crippen LogP contribution in [0.5, 0.6) is 11.5 Å². The summed E-state index contributed by atoms with van der Waals surface area (Å²) in [4.78, 5) is 9.82. The van der Waals surface area contributed by atoms with E-state index in [-0.39, 0.29) is 11.4 Å². The van der Waals surface area contributed by atoms with E-state index in [0.29, 0.717) is 12.3 Å². The molecule has 0 aliphatic carbocycles. The van der Waals surface area contributed by atoms with Crippen molar-refractivity contribution in [3.8, 4) is 11.5 Å². The van der Waals surface area contributed by atoms with Crippen molar-refractivity contribution in [3.63, 3.8) is 0 Å². The van der Waals surface area contributed by atoms with E-state index in [2.05, 4.69) is 0 Å². The van der Waals surface area contributed by atoms with Gasteiger partial charge in [-0.25, -0.2) is 4.39 Å². The van der Waals surface area contributed by atoms with Gasteiger partial charge in [0.1, 0.15) is 5.75 Å². The van der Waals surface area contributed by atoms with Crippen LogP contribution in [0.4, 0.5) is 10.1 Å². The molecule has 0 unspecified atom stereocenters. The number of nitro groups is 1. The lowest BCUT2D eigenvalue weighted by atomic mass is 10.2. The highest BCUT2D eigenvalue weighted by Crippen LogP contribution is 2.27. The van der Waals surface area contributed by atoms with E-state index in [9.17, 15) is 14.5 Å². The number of non-ortho nitro benzene ring substituents is 1. The fourth-order valence-electron chi connectivity index (χ4n) is 1.51. The molecule has 19 heavy (non-hydrogen) atoms. The summed E-state index contributed by atoms with van der Waals surface area (Å²) in [6, 6.07) is 10.1. The van der Waals surface area contributed by atoms with Gasteiger partial charge < -0.3 is 10.5 Å². The second kappa shape index (κ2) is 5.45. The Balaban J connectivity index is 2.20. The van der Waals surface area contributed by atoms with E-state index < -0.39 is 10.7 Å². The molecule has 0 bridgehead atoms. The Morgan fingerprint density at radius 2 is 1.89 bits per heavy atom. The first-order valence-electron chi connectivity index (χ1n) is 5.51. The van der Waals surface area contributed by atoms with Gasteiger partial charge in [0.15, 0.2) is 11.6 Å². The third-order valence-electron chi connectivity index (χ3n) is 2.51. The lowest BCUT2D eigenvalue weighted by Gasteiger charge is -2.07. The van der Waals surface area contributed by atoms with Gasteiger partial charge in [0.2, 0.25) is 0 Å². The molecule has 2 aromatic carbocycles. The lowest BCUT2D eigenvalue weighted by Crippen LogP contribution is -1.96.